The lowest BCUT2D eigenvalue weighted by atomic mass is 10.0. The van der Waals surface area contributed by atoms with E-state index >= 15 is 0 Å². The maximum atomic E-state index is 10.6. The summed E-state index contributed by atoms with van der Waals surface area (Å²) in [7, 11) is 0. The molecule has 0 aromatic heterocycles. The number of nitrogens with one attached hydrogen (secondary N) is 1. The van der Waals surface area contributed by atoms with Crippen molar-refractivity contribution in [1.82, 2.24) is 5.32 Å². The van der Waals surface area contributed by atoms with Gasteiger partial charge in [-0.2, -0.15) is 0 Å². The number of carbonyl (C=O) groups is 1. The van der Waals surface area contributed by atoms with Crippen LogP contribution in [0.5, 0.6) is 0 Å². The first-order valence-electron chi connectivity index (χ1n) is 6.52. The summed E-state index contributed by atoms with van der Waals surface area (Å²) in [6.07, 6.45) is 2.13. The number of carboxylic acid groups (broad SMARTS) is 1. The number of piperidine rings is 1. The summed E-state index contributed by atoms with van der Waals surface area (Å²) < 4.78 is 1.12. The summed E-state index contributed by atoms with van der Waals surface area (Å²) >= 11 is 3.51. The van der Waals surface area contributed by atoms with E-state index in [-0.39, 0.29) is 12.6 Å². The third-order valence-electron chi connectivity index (χ3n) is 3.47. The zero-order valence-electron chi connectivity index (χ0n) is 11.0. The Labute approximate surface area is 121 Å². The van der Waals surface area contributed by atoms with E-state index in [1.807, 2.05) is 0 Å². The average Bonchev–Trinajstić information content (AvgIpc) is 2.40. The summed E-state index contributed by atoms with van der Waals surface area (Å²) in [6.45, 7) is 4.02. The SMILES string of the molecule is Cc1cc(N2CCCC(NCC(=O)O)C2)ccc1Br. The Morgan fingerprint density at radius 3 is 3.05 bits per heavy atom. The van der Waals surface area contributed by atoms with Gasteiger partial charge in [0, 0.05) is 29.3 Å². The fourth-order valence-corrected chi connectivity index (χ4v) is 2.68. The predicted octanol–water partition coefficient (Wildman–Crippen LogP) is 2.40. The average molecular weight is 327 g/mol. The summed E-state index contributed by atoms with van der Waals surface area (Å²) in [5.74, 6) is -0.795. The summed E-state index contributed by atoms with van der Waals surface area (Å²) in [5, 5.41) is 11.8. The van der Waals surface area contributed by atoms with E-state index in [1.54, 1.807) is 0 Å². The second-order valence-electron chi connectivity index (χ2n) is 4.99. The quantitative estimate of drug-likeness (QED) is 0.892. The smallest absolute Gasteiger partial charge is 0.317 e. The lowest BCUT2D eigenvalue weighted by Crippen LogP contribution is -2.47. The van der Waals surface area contributed by atoms with E-state index < -0.39 is 5.97 Å². The second-order valence-corrected chi connectivity index (χ2v) is 5.85. The van der Waals surface area contributed by atoms with Gasteiger partial charge in [0.25, 0.3) is 0 Å². The van der Waals surface area contributed by atoms with Gasteiger partial charge in [0.1, 0.15) is 0 Å². The Morgan fingerprint density at radius 1 is 1.58 bits per heavy atom. The molecule has 4 nitrogen and oxygen atoms in total. The van der Waals surface area contributed by atoms with E-state index in [0.29, 0.717) is 0 Å². The minimum atomic E-state index is -0.795. The van der Waals surface area contributed by atoms with E-state index in [1.165, 1.54) is 11.3 Å². The molecule has 5 heteroatoms. The number of aryl methyl sites for hydroxylation is 1. The zero-order valence-corrected chi connectivity index (χ0v) is 12.6. The number of anilines is 1. The Kier molecular flexibility index (Phi) is 4.82. The lowest BCUT2D eigenvalue weighted by Gasteiger charge is -2.35. The molecule has 1 aliphatic rings. The third-order valence-corrected chi connectivity index (χ3v) is 4.36. The van der Waals surface area contributed by atoms with Crippen molar-refractivity contribution in [2.24, 2.45) is 0 Å². The number of nitrogens with zero attached hydrogens (tertiary/aromatic N) is 1. The van der Waals surface area contributed by atoms with Crippen LogP contribution in [0.1, 0.15) is 18.4 Å². The fourth-order valence-electron chi connectivity index (χ4n) is 2.44. The van der Waals surface area contributed by atoms with Gasteiger partial charge in [0.05, 0.1) is 6.54 Å². The monoisotopic (exact) mass is 326 g/mol. The fraction of sp³-hybridized carbons (Fsp3) is 0.500. The van der Waals surface area contributed by atoms with Gasteiger partial charge in [-0.25, -0.2) is 0 Å². The van der Waals surface area contributed by atoms with E-state index in [9.17, 15) is 4.79 Å². The van der Waals surface area contributed by atoms with Crippen molar-refractivity contribution in [3.63, 3.8) is 0 Å². The molecule has 0 amide bonds. The molecule has 104 valence electrons. The first-order valence-corrected chi connectivity index (χ1v) is 7.32. The molecule has 1 aromatic rings. The highest BCUT2D eigenvalue weighted by Crippen LogP contribution is 2.25. The molecule has 1 aliphatic heterocycles. The van der Waals surface area contributed by atoms with Crippen LogP contribution in [0.15, 0.2) is 22.7 Å². The maximum absolute atomic E-state index is 10.6. The van der Waals surface area contributed by atoms with Crippen molar-refractivity contribution >= 4 is 27.6 Å². The van der Waals surface area contributed by atoms with Gasteiger partial charge < -0.3 is 15.3 Å². The number of carboxylic acids is 1. The Hall–Kier alpha value is -1.07. The van der Waals surface area contributed by atoms with E-state index in [0.717, 1.165) is 30.4 Å². The highest BCUT2D eigenvalue weighted by molar-refractivity contribution is 9.10. The summed E-state index contributed by atoms with van der Waals surface area (Å²) in [4.78, 5) is 12.9. The molecule has 1 atom stereocenters. The van der Waals surface area contributed by atoms with Crippen LogP contribution in [0.3, 0.4) is 0 Å². The van der Waals surface area contributed by atoms with Crippen LogP contribution in [0.2, 0.25) is 0 Å². The maximum Gasteiger partial charge on any atom is 0.317 e. The van der Waals surface area contributed by atoms with Gasteiger partial charge in [-0.3, -0.25) is 4.79 Å². The molecule has 0 radical (unpaired) electrons. The van der Waals surface area contributed by atoms with Gasteiger partial charge in [-0.1, -0.05) is 15.9 Å². The molecule has 0 spiro atoms. The van der Waals surface area contributed by atoms with Crippen molar-refractivity contribution in [3.8, 4) is 0 Å². The molecule has 1 unspecified atom stereocenters. The van der Waals surface area contributed by atoms with E-state index in [4.69, 9.17) is 5.11 Å². The van der Waals surface area contributed by atoms with Crippen LogP contribution >= 0.6 is 15.9 Å². The van der Waals surface area contributed by atoms with Gasteiger partial charge in [-0.15, -0.1) is 0 Å². The molecule has 1 fully saturated rings. The van der Waals surface area contributed by atoms with Gasteiger partial charge in [-0.05, 0) is 43.5 Å². The molecule has 0 bridgehead atoms. The summed E-state index contributed by atoms with van der Waals surface area (Å²) in [6, 6.07) is 6.60. The predicted molar refractivity (Wildman–Crippen MR) is 79.8 cm³/mol. The van der Waals surface area contributed by atoms with Crippen molar-refractivity contribution in [2.75, 3.05) is 24.5 Å². The van der Waals surface area contributed by atoms with Crippen molar-refractivity contribution in [2.45, 2.75) is 25.8 Å². The molecule has 1 heterocycles. The van der Waals surface area contributed by atoms with Crippen molar-refractivity contribution in [1.29, 1.82) is 0 Å². The van der Waals surface area contributed by atoms with Gasteiger partial charge in [0.2, 0.25) is 0 Å². The molecule has 2 rings (SSSR count). The largest absolute Gasteiger partial charge is 0.480 e. The molecular weight excluding hydrogens is 308 g/mol. The first-order chi connectivity index (χ1) is 9.06. The number of halogens is 1. The second kappa shape index (κ2) is 6.39. The molecule has 0 aliphatic carbocycles. The Balaban J connectivity index is 2.00. The highest BCUT2D eigenvalue weighted by atomic mass is 79.9. The van der Waals surface area contributed by atoms with Crippen LogP contribution in [-0.4, -0.2) is 36.8 Å². The number of aliphatic carboxylic acids is 1. The van der Waals surface area contributed by atoms with Crippen LogP contribution in [0.4, 0.5) is 5.69 Å². The highest BCUT2D eigenvalue weighted by Gasteiger charge is 2.20. The molecule has 0 saturated carbocycles. The molecule has 2 N–H and O–H groups in total. The number of rotatable bonds is 4. The molecular formula is C14H19BrN2O2. The topological polar surface area (TPSA) is 52.6 Å². The van der Waals surface area contributed by atoms with Crippen molar-refractivity contribution in [3.05, 3.63) is 28.2 Å². The minimum Gasteiger partial charge on any atom is -0.480 e. The Bertz CT molecular complexity index is 465. The molecule has 1 saturated heterocycles. The lowest BCUT2D eigenvalue weighted by molar-refractivity contribution is -0.136. The first kappa shape index (κ1) is 14.3. The zero-order chi connectivity index (χ0) is 13.8. The standard InChI is InChI=1S/C14H19BrN2O2/c1-10-7-12(4-5-13(10)15)17-6-2-3-11(9-17)16-8-14(18)19/h4-5,7,11,16H,2-3,6,8-9H2,1H3,(H,18,19). The van der Waals surface area contributed by atoms with Crippen LogP contribution in [-0.2, 0) is 4.79 Å². The van der Waals surface area contributed by atoms with Crippen LogP contribution < -0.4 is 10.2 Å². The number of hydrogen-bond acceptors (Lipinski definition) is 3. The van der Waals surface area contributed by atoms with Gasteiger partial charge >= 0.3 is 5.97 Å². The van der Waals surface area contributed by atoms with E-state index in [2.05, 4.69) is 51.3 Å². The Morgan fingerprint density at radius 2 is 2.37 bits per heavy atom. The van der Waals surface area contributed by atoms with Crippen LogP contribution in [0, 0.1) is 6.92 Å². The molecule has 19 heavy (non-hydrogen) atoms. The van der Waals surface area contributed by atoms with Gasteiger partial charge in [0.15, 0.2) is 0 Å². The third kappa shape index (κ3) is 3.94. The normalized spacial score (nSPS) is 19.5. The van der Waals surface area contributed by atoms with Crippen molar-refractivity contribution < 1.29 is 9.90 Å². The van der Waals surface area contributed by atoms with Crippen LogP contribution in [0.25, 0.3) is 0 Å². The number of benzene rings is 1. The minimum absolute atomic E-state index is 0.0396. The molecule has 1 aromatic carbocycles. The number of hydrogen-bond donors (Lipinski definition) is 2. The summed E-state index contributed by atoms with van der Waals surface area (Å²) in [5.41, 5.74) is 2.43.